The van der Waals surface area contributed by atoms with Crippen molar-refractivity contribution in [3.05, 3.63) is 36.0 Å². The first kappa shape index (κ1) is 16.9. The maximum atomic E-state index is 12.8. The minimum Gasteiger partial charge on any atom is -0.351 e. The molecule has 1 saturated heterocycles. The van der Waals surface area contributed by atoms with Crippen molar-refractivity contribution in [2.75, 3.05) is 6.54 Å². The number of rotatable bonds is 6. The number of amides is 2. The molecule has 1 aromatic heterocycles. The van der Waals surface area contributed by atoms with Crippen LogP contribution in [0.2, 0.25) is 0 Å². The second-order valence-corrected chi connectivity index (χ2v) is 6.08. The molecule has 2 N–H and O–H groups in total. The number of carbonyl (C=O) groups is 4. The van der Waals surface area contributed by atoms with Crippen molar-refractivity contribution in [3.8, 4) is 0 Å². The minimum absolute atomic E-state index is 0.0715. The van der Waals surface area contributed by atoms with Crippen LogP contribution in [0.25, 0.3) is 10.9 Å². The number of benzene rings is 1. The average molecular weight is 341 g/mol. The minimum atomic E-state index is -0.851. The molecule has 1 unspecified atom stereocenters. The zero-order valence-corrected chi connectivity index (χ0v) is 13.6. The van der Waals surface area contributed by atoms with Gasteiger partial charge in [0.15, 0.2) is 0 Å². The van der Waals surface area contributed by atoms with Gasteiger partial charge in [0.2, 0.25) is 5.91 Å². The number of para-hydroxylation sites is 1. The van der Waals surface area contributed by atoms with Crippen LogP contribution in [0, 0.1) is 0 Å². The van der Waals surface area contributed by atoms with Crippen LogP contribution in [0.3, 0.4) is 0 Å². The summed E-state index contributed by atoms with van der Waals surface area (Å²) in [7, 11) is 0. The van der Waals surface area contributed by atoms with Gasteiger partial charge in [-0.3, -0.25) is 9.59 Å². The molecule has 0 saturated carbocycles. The topological polar surface area (TPSA) is 99.3 Å². The van der Waals surface area contributed by atoms with E-state index in [0.29, 0.717) is 37.7 Å². The number of hydrogen-bond donors (Lipinski definition) is 2. The van der Waals surface area contributed by atoms with Gasteiger partial charge in [0.05, 0.1) is 6.04 Å². The van der Waals surface area contributed by atoms with Crippen LogP contribution < -0.4 is 5.32 Å². The lowest BCUT2D eigenvalue weighted by molar-refractivity contribution is -0.127. The molecule has 1 fully saturated rings. The third kappa shape index (κ3) is 3.45. The lowest BCUT2D eigenvalue weighted by atomic mass is 10.1. The Labute approximate surface area is 144 Å². The highest BCUT2D eigenvalue weighted by molar-refractivity contribution is 6.00. The summed E-state index contributed by atoms with van der Waals surface area (Å²) in [5.41, 5.74) is 1.29. The average Bonchev–Trinajstić information content (AvgIpc) is 3.27. The fourth-order valence-corrected chi connectivity index (χ4v) is 3.16. The van der Waals surface area contributed by atoms with Gasteiger partial charge in [-0.05, 0) is 25.0 Å². The van der Waals surface area contributed by atoms with Gasteiger partial charge in [0.25, 0.3) is 5.91 Å². The molecular formula is C18H19N3O4. The van der Waals surface area contributed by atoms with Gasteiger partial charge in [-0.2, -0.15) is 0 Å². The van der Waals surface area contributed by atoms with Gasteiger partial charge in [-0.25, -0.2) is 0 Å². The lowest BCUT2D eigenvalue weighted by Gasteiger charge is -2.24. The number of aromatic amines is 1. The molecule has 1 aromatic carbocycles. The predicted octanol–water partition coefficient (Wildman–Crippen LogP) is 1.05. The van der Waals surface area contributed by atoms with Crippen LogP contribution in [-0.2, 0) is 14.4 Å². The lowest BCUT2D eigenvalue weighted by Crippen LogP contribution is -2.49. The Hall–Kier alpha value is -2.96. The third-order valence-electron chi connectivity index (χ3n) is 4.42. The molecule has 1 aliphatic heterocycles. The second kappa shape index (κ2) is 7.29. The number of carbonyl (C=O) groups excluding carboxylic acids is 4. The monoisotopic (exact) mass is 341 g/mol. The Morgan fingerprint density at radius 2 is 2.12 bits per heavy atom. The SMILES string of the molecule is O=CC[C@@H](C=O)NC(=O)C1CCCN1C(=O)c1cc2ccccc2[nH]1. The smallest absolute Gasteiger partial charge is 0.270 e. The molecule has 2 atom stereocenters. The van der Waals surface area contributed by atoms with Crippen LogP contribution in [0.15, 0.2) is 30.3 Å². The van der Waals surface area contributed by atoms with Crippen molar-refractivity contribution < 1.29 is 19.2 Å². The normalized spacial score (nSPS) is 18.1. The van der Waals surface area contributed by atoms with Crippen LogP contribution in [0.1, 0.15) is 29.8 Å². The summed E-state index contributed by atoms with van der Waals surface area (Å²) in [5.74, 6) is -0.646. The highest BCUT2D eigenvalue weighted by atomic mass is 16.2. The summed E-state index contributed by atoms with van der Waals surface area (Å²) >= 11 is 0. The first-order chi connectivity index (χ1) is 12.1. The first-order valence-corrected chi connectivity index (χ1v) is 8.22. The number of H-pyrrole nitrogens is 1. The summed E-state index contributed by atoms with van der Waals surface area (Å²) in [6.07, 6.45) is 2.29. The summed E-state index contributed by atoms with van der Waals surface area (Å²) in [4.78, 5) is 51.3. The molecule has 3 rings (SSSR count). The van der Waals surface area contributed by atoms with Crippen molar-refractivity contribution in [1.29, 1.82) is 0 Å². The largest absolute Gasteiger partial charge is 0.351 e. The van der Waals surface area contributed by atoms with E-state index in [2.05, 4.69) is 10.3 Å². The van der Waals surface area contributed by atoms with E-state index < -0.39 is 18.0 Å². The summed E-state index contributed by atoms with van der Waals surface area (Å²) < 4.78 is 0. The number of nitrogens with one attached hydrogen (secondary N) is 2. The maximum absolute atomic E-state index is 12.8. The van der Waals surface area contributed by atoms with E-state index in [-0.39, 0.29) is 12.3 Å². The number of aromatic nitrogens is 1. The predicted molar refractivity (Wildman–Crippen MR) is 91.0 cm³/mol. The van der Waals surface area contributed by atoms with E-state index in [9.17, 15) is 19.2 Å². The van der Waals surface area contributed by atoms with Crippen molar-refractivity contribution in [2.45, 2.75) is 31.3 Å². The molecule has 0 bridgehead atoms. The van der Waals surface area contributed by atoms with Gasteiger partial charge in [0, 0.05) is 23.9 Å². The van der Waals surface area contributed by atoms with Crippen LogP contribution in [0.4, 0.5) is 0 Å². The number of likely N-dealkylation sites (tertiary alicyclic amines) is 1. The van der Waals surface area contributed by atoms with E-state index in [4.69, 9.17) is 0 Å². The number of hydrogen-bond acceptors (Lipinski definition) is 4. The van der Waals surface area contributed by atoms with Crippen molar-refractivity contribution in [3.63, 3.8) is 0 Å². The molecule has 2 heterocycles. The Kier molecular flexibility index (Phi) is 4.92. The summed E-state index contributed by atoms with van der Waals surface area (Å²) in [5, 5.41) is 3.46. The van der Waals surface area contributed by atoms with Gasteiger partial charge in [-0.1, -0.05) is 18.2 Å². The Morgan fingerprint density at radius 3 is 2.84 bits per heavy atom. The summed E-state index contributed by atoms with van der Waals surface area (Å²) in [6, 6.07) is 7.85. The quantitative estimate of drug-likeness (QED) is 0.767. The fraction of sp³-hybridized carbons (Fsp3) is 0.333. The molecule has 0 radical (unpaired) electrons. The van der Waals surface area contributed by atoms with Crippen molar-refractivity contribution in [1.82, 2.24) is 15.2 Å². The van der Waals surface area contributed by atoms with E-state index in [1.54, 1.807) is 6.07 Å². The third-order valence-corrected chi connectivity index (χ3v) is 4.42. The van der Waals surface area contributed by atoms with Gasteiger partial charge >= 0.3 is 0 Å². The maximum Gasteiger partial charge on any atom is 0.270 e. The number of aldehydes is 2. The highest BCUT2D eigenvalue weighted by Gasteiger charge is 2.35. The second-order valence-electron chi connectivity index (χ2n) is 6.08. The van der Waals surface area contributed by atoms with E-state index in [0.717, 1.165) is 10.9 Å². The van der Waals surface area contributed by atoms with E-state index in [1.807, 2.05) is 24.3 Å². The Morgan fingerprint density at radius 1 is 1.32 bits per heavy atom. The zero-order valence-electron chi connectivity index (χ0n) is 13.6. The molecule has 1 aliphatic rings. The summed E-state index contributed by atoms with van der Waals surface area (Å²) in [6.45, 7) is 0.478. The highest BCUT2D eigenvalue weighted by Crippen LogP contribution is 2.22. The molecule has 7 nitrogen and oxygen atoms in total. The molecule has 0 spiro atoms. The van der Waals surface area contributed by atoms with Crippen LogP contribution in [-0.4, -0.2) is 52.9 Å². The molecule has 25 heavy (non-hydrogen) atoms. The van der Waals surface area contributed by atoms with Crippen molar-refractivity contribution in [2.24, 2.45) is 0 Å². The number of fused-ring (bicyclic) bond motifs is 1. The fourth-order valence-electron chi connectivity index (χ4n) is 3.16. The van der Waals surface area contributed by atoms with Gasteiger partial charge in [0.1, 0.15) is 24.3 Å². The molecule has 7 heteroatoms. The first-order valence-electron chi connectivity index (χ1n) is 8.22. The molecule has 2 amide bonds. The standard InChI is InChI=1S/C18H19N3O4/c22-9-7-13(11-23)19-17(24)16-6-3-8-21(16)18(25)15-10-12-4-1-2-5-14(12)20-15/h1-2,4-5,9-11,13,16,20H,3,6-8H2,(H,19,24)/t13-,16?/m0/s1. The van der Waals surface area contributed by atoms with Crippen molar-refractivity contribution >= 4 is 35.3 Å². The molecule has 0 aliphatic carbocycles. The van der Waals surface area contributed by atoms with E-state index >= 15 is 0 Å². The zero-order chi connectivity index (χ0) is 17.8. The van der Waals surface area contributed by atoms with Gasteiger partial charge in [-0.15, -0.1) is 0 Å². The van der Waals surface area contributed by atoms with E-state index in [1.165, 1.54) is 4.90 Å². The van der Waals surface area contributed by atoms with Crippen LogP contribution in [0.5, 0.6) is 0 Å². The molecule has 130 valence electrons. The Balaban J connectivity index is 1.76. The van der Waals surface area contributed by atoms with Gasteiger partial charge < -0.3 is 24.8 Å². The Bertz CT molecular complexity index is 781. The van der Waals surface area contributed by atoms with Crippen LogP contribution >= 0.6 is 0 Å². The number of nitrogens with zero attached hydrogens (tertiary/aromatic N) is 1. The molecule has 2 aromatic rings. The molecular weight excluding hydrogens is 322 g/mol.